The molecule has 0 fully saturated rings. The predicted octanol–water partition coefficient (Wildman–Crippen LogP) is 4.15. The highest BCUT2D eigenvalue weighted by Gasteiger charge is 2.10. The van der Waals surface area contributed by atoms with Crippen molar-refractivity contribution < 1.29 is 4.39 Å². The first kappa shape index (κ1) is 10.2. The summed E-state index contributed by atoms with van der Waals surface area (Å²) in [5, 5.41) is -0.290. The maximum absolute atomic E-state index is 13.0. The normalized spacial score (nSPS) is 12.4. The molecule has 0 aliphatic carbocycles. The number of hydrogen-bond donors (Lipinski definition) is 0. The molecular formula is C13H10ClF. The van der Waals surface area contributed by atoms with Gasteiger partial charge >= 0.3 is 0 Å². The van der Waals surface area contributed by atoms with Crippen LogP contribution in [0.2, 0.25) is 0 Å². The molecule has 0 aliphatic heterocycles. The lowest BCUT2D eigenvalue weighted by molar-refractivity contribution is 0.626. The molecule has 0 aromatic heterocycles. The smallest absolute Gasteiger partial charge is 0.123 e. The van der Waals surface area contributed by atoms with Crippen LogP contribution in [0.1, 0.15) is 16.5 Å². The van der Waals surface area contributed by atoms with Crippen LogP contribution < -0.4 is 0 Å². The van der Waals surface area contributed by atoms with E-state index in [-0.39, 0.29) is 11.2 Å². The second-order valence-corrected chi connectivity index (χ2v) is 3.76. The van der Waals surface area contributed by atoms with Crippen LogP contribution >= 0.6 is 11.6 Å². The summed E-state index contributed by atoms with van der Waals surface area (Å²) in [5.74, 6) is -0.255. The Morgan fingerprint density at radius 2 is 1.53 bits per heavy atom. The summed E-state index contributed by atoms with van der Waals surface area (Å²) in [5.41, 5.74) is 1.76. The van der Waals surface area contributed by atoms with Gasteiger partial charge in [-0.05, 0) is 23.3 Å². The van der Waals surface area contributed by atoms with E-state index in [1.54, 1.807) is 6.07 Å². The van der Waals surface area contributed by atoms with Gasteiger partial charge in [-0.3, -0.25) is 0 Å². The summed E-state index contributed by atoms with van der Waals surface area (Å²) in [6.45, 7) is 0. The van der Waals surface area contributed by atoms with Crippen LogP contribution in [0.3, 0.4) is 0 Å². The third-order valence-electron chi connectivity index (χ3n) is 2.23. The monoisotopic (exact) mass is 220 g/mol. The topological polar surface area (TPSA) is 0 Å². The van der Waals surface area contributed by atoms with E-state index in [4.69, 9.17) is 11.6 Å². The number of hydrogen-bond acceptors (Lipinski definition) is 0. The van der Waals surface area contributed by atoms with Crippen LogP contribution in [0.15, 0.2) is 54.6 Å². The van der Waals surface area contributed by atoms with Crippen LogP contribution in [-0.4, -0.2) is 0 Å². The standard InChI is InChI=1S/C13H10ClF/c14-13(10-5-2-1-3-6-10)11-7-4-8-12(15)9-11/h1-9,13H/t13-/m0/s1. The van der Waals surface area contributed by atoms with E-state index in [2.05, 4.69) is 0 Å². The zero-order chi connectivity index (χ0) is 10.7. The zero-order valence-electron chi connectivity index (χ0n) is 8.03. The summed E-state index contributed by atoms with van der Waals surface area (Å²) in [7, 11) is 0. The van der Waals surface area contributed by atoms with Gasteiger partial charge in [-0.15, -0.1) is 11.6 Å². The van der Waals surface area contributed by atoms with Gasteiger partial charge in [-0.2, -0.15) is 0 Å². The summed E-state index contributed by atoms with van der Waals surface area (Å²) >= 11 is 6.24. The second kappa shape index (κ2) is 4.45. The SMILES string of the molecule is Fc1cccc([C@@H](Cl)c2ccccc2)c1. The third-order valence-corrected chi connectivity index (χ3v) is 2.74. The van der Waals surface area contributed by atoms with Crippen molar-refractivity contribution in [3.05, 3.63) is 71.5 Å². The Morgan fingerprint density at radius 1 is 0.867 bits per heavy atom. The van der Waals surface area contributed by atoms with Crippen molar-refractivity contribution in [1.29, 1.82) is 0 Å². The highest BCUT2D eigenvalue weighted by molar-refractivity contribution is 6.22. The average molecular weight is 221 g/mol. The molecule has 0 bridgehead atoms. The summed E-state index contributed by atoms with van der Waals surface area (Å²) < 4.78 is 13.0. The first-order valence-corrected chi connectivity index (χ1v) is 5.15. The van der Waals surface area contributed by atoms with Crippen molar-refractivity contribution in [1.82, 2.24) is 0 Å². The molecule has 0 amide bonds. The zero-order valence-corrected chi connectivity index (χ0v) is 8.79. The predicted molar refractivity (Wildman–Crippen MR) is 60.5 cm³/mol. The summed E-state index contributed by atoms with van der Waals surface area (Å²) in [4.78, 5) is 0. The van der Waals surface area contributed by atoms with Crippen LogP contribution in [0.25, 0.3) is 0 Å². The van der Waals surface area contributed by atoms with E-state index in [9.17, 15) is 4.39 Å². The Kier molecular flexibility index (Phi) is 3.02. The molecule has 0 saturated heterocycles. The number of benzene rings is 2. The van der Waals surface area contributed by atoms with Gasteiger partial charge in [0, 0.05) is 0 Å². The van der Waals surface area contributed by atoms with E-state index in [1.165, 1.54) is 12.1 Å². The van der Waals surface area contributed by atoms with Crippen molar-refractivity contribution in [2.24, 2.45) is 0 Å². The van der Waals surface area contributed by atoms with Gasteiger partial charge in [0.25, 0.3) is 0 Å². The minimum atomic E-state index is -0.290. The molecule has 1 atom stereocenters. The van der Waals surface area contributed by atoms with Gasteiger partial charge in [0.1, 0.15) is 5.82 Å². The van der Waals surface area contributed by atoms with E-state index < -0.39 is 0 Å². The molecule has 0 radical (unpaired) electrons. The average Bonchev–Trinajstić information content (AvgIpc) is 2.29. The van der Waals surface area contributed by atoms with E-state index >= 15 is 0 Å². The molecule has 2 aromatic carbocycles. The van der Waals surface area contributed by atoms with Crippen molar-refractivity contribution in [3.8, 4) is 0 Å². The van der Waals surface area contributed by atoms with Gasteiger partial charge in [0.2, 0.25) is 0 Å². The molecular weight excluding hydrogens is 211 g/mol. The fourth-order valence-corrected chi connectivity index (χ4v) is 1.76. The quantitative estimate of drug-likeness (QED) is 0.667. The maximum Gasteiger partial charge on any atom is 0.123 e. The Labute approximate surface area is 93.3 Å². The fourth-order valence-electron chi connectivity index (χ4n) is 1.48. The maximum atomic E-state index is 13.0. The van der Waals surface area contributed by atoms with Crippen molar-refractivity contribution in [2.45, 2.75) is 5.38 Å². The second-order valence-electron chi connectivity index (χ2n) is 3.33. The van der Waals surface area contributed by atoms with Gasteiger partial charge in [0.05, 0.1) is 5.38 Å². The molecule has 2 rings (SSSR count). The molecule has 0 nitrogen and oxygen atoms in total. The van der Waals surface area contributed by atoms with E-state index in [0.29, 0.717) is 0 Å². The third kappa shape index (κ3) is 2.37. The van der Waals surface area contributed by atoms with Crippen LogP contribution in [0, 0.1) is 5.82 Å². The van der Waals surface area contributed by atoms with Gasteiger partial charge in [-0.1, -0.05) is 42.5 Å². The Bertz CT molecular complexity index is 439. The lowest BCUT2D eigenvalue weighted by atomic mass is 10.0. The molecule has 0 heterocycles. The highest BCUT2D eigenvalue weighted by Crippen LogP contribution is 2.28. The molecule has 15 heavy (non-hydrogen) atoms. The molecule has 0 spiro atoms. The van der Waals surface area contributed by atoms with Crippen LogP contribution in [0.4, 0.5) is 4.39 Å². The molecule has 0 N–H and O–H groups in total. The number of halogens is 2. The lowest BCUT2D eigenvalue weighted by Gasteiger charge is -2.09. The lowest BCUT2D eigenvalue weighted by Crippen LogP contribution is -1.93. The van der Waals surface area contributed by atoms with Crippen molar-refractivity contribution in [3.63, 3.8) is 0 Å². The first-order valence-electron chi connectivity index (χ1n) is 4.72. The molecule has 0 unspecified atom stereocenters. The minimum absolute atomic E-state index is 0.255. The Balaban J connectivity index is 2.32. The number of rotatable bonds is 2. The highest BCUT2D eigenvalue weighted by atomic mass is 35.5. The molecule has 2 aromatic rings. The molecule has 2 heteroatoms. The summed E-state index contributed by atoms with van der Waals surface area (Å²) in [6.07, 6.45) is 0. The van der Waals surface area contributed by atoms with E-state index in [1.807, 2.05) is 36.4 Å². The molecule has 0 saturated carbocycles. The van der Waals surface area contributed by atoms with Crippen LogP contribution in [0.5, 0.6) is 0 Å². The Morgan fingerprint density at radius 3 is 2.20 bits per heavy atom. The van der Waals surface area contributed by atoms with Gasteiger partial charge < -0.3 is 0 Å². The molecule has 76 valence electrons. The first-order chi connectivity index (χ1) is 7.27. The van der Waals surface area contributed by atoms with Crippen molar-refractivity contribution >= 4 is 11.6 Å². The van der Waals surface area contributed by atoms with Crippen LogP contribution in [-0.2, 0) is 0 Å². The minimum Gasteiger partial charge on any atom is -0.207 e. The van der Waals surface area contributed by atoms with Gasteiger partial charge in [-0.25, -0.2) is 4.39 Å². The fraction of sp³-hybridized carbons (Fsp3) is 0.0769. The van der Waals surface area contributed by atoms with E-state index in [0.717, 1.165) is 11.1 Å². The Hall–Kier alpha value is -1.34. The van der Waals surface area contributed by atoms with Crippen molar-refractivity contribution in [2.75, 3.05) is 0 Å². The summed E-state index contributed by atoms with van der Waals surface area (Å²) in [6, 6.07) is 16.0. The van der Waals surface area contributed by atoms with Gasteiger partial charge in [0.15, 0.2) is 0 Å². The number of alkyl halides is 1. The molecule has 0 aliphatic rings. The largest absolute Gasteiger partial charge is 0.207 e.